The minimum Gasteiger partial charge on any atom is -0.334 e. The molecule has 9 heteroatoms. The molecule has 0 aliphatic rings. The quantitative estimate of drug-likeness (QED) is 0.515. The number of carbonyl (C=O) groups excluding carboxylic acids is 1. The lowest BCUT2D eigenvalue weighted by Gasteiger charge is -2.08. The number of aromatic nitrogens is 3. The minimum atomic E-state index is -0.392. The minimum absolute atomic E-state index is 0.204. The summed E-state index contributed by atoms with van der Waals surface area (Å²) >= 11 is 5.90. The number of anilines is 1. The van der Waals surface area contributed by atoms with E-state index in [-0.39, 0.29) is 18.0 Å². The summed E-state index contributed by atoms with van der Waals surface area (Å²) in [6.07, 6.45) is 1.49. The van der Waals surface area contributed by atoms with Crippen LogP contribution < -0.4 is 10.9 Å². The zero-order chi connectivity index (χ0) is 21.8. The molecule has 0 unspecified atom stereocenters. The third kappa shape index (κ3) is 4.69. The van der Waals surface area contributed by atoms with E-state index in [0.717, 1.165) is 5.56 Å². The second-order valence-electron chi connectivity index (χ2n) is 6.55. The Morgan fingerprint density at radius 2 is 1.77 bits per heavy atom. The molecule has 0 aliphatic carbocycles. The first-order valence-corrected chi connectivity index (χ1v) is 9.50. The van der Waals surface area contributed by atoms with Gasteiger partial charge in [0.15, 0.2) is 0 Å². The molecular weight excluding hydrogens is 418 g/mol. The zero-order valence-electron chi connectivity index (χ0n) is 15.9. The van der Waals surface area contributed by atoms with Crippen LogP contribution in [0.2, 0.25) is 5.02 Å². The van der Waals surface area contributed by atoms with Gasteiger partial charge < -0.3 is 14.4 Å². The molecule has 4 aromatic rings. The molecule has 1 amide bonds. The van der Waals surface area contributed by atoms with Crippen molar-refractivity contribution in [3.8, 4) is 28.9 Å². The van der Waals surface area contributed by atoms with E-state index in [1.165, 1.54) is 16.8 Å². The summed E-state index contributed by atoms with van der Waals surface area (Å²) in [6.45, 7) is -0.204. The first-order chi connectivity index (χ1) is 15.0. The van der Waals surface area contributed by atoms with Crippen LogP contribution in [0, 0.1) is 11.3 Å². The fourth-order valence-electron chi connectivity index (χ4n) is 2.82. The number of rotatable bonds is 5. The summed E-state index contributed by atoms with van der Waals surface area (Å²) in [6, 6.07) is 18.3. The van der Waals surface area contributed by atoms with E-state index in [0.29, 0.717) is 27.7 Å². The molecule has 8 nitrogen and oxygen atoms in total. The van der Waals surface area contributed by atoms with Crippen molar-refractivity contribution < 1.29 is 9.32 Å². The Bertz CT molecular complexity index is 1340. The summed E-state index contributed by atoms with van der Waals surface area (Å²) in [5.41, 5.74) is 1.89. The van der Waals surface area contributed by atoms with Gasteiger partial charge in [-0.25, -0.2) is 0 Å². The Balaban J connectivity index is 1.52. The number of nitriles is 1. The third-order valence-corrected chi connectivity index (χ3v) is 4.62. The molecule has 0 bridgehead atoms. The number of benzene rings is 2. The Kier molecular flexibility index (Phi) is 5.60. The van der Waals surface area contributed by atoms with Gasteiger partial charge in [0, 0.05) is 28.5 Å². The number of pyridine rings is 1. The summed E-state index contributed by atoms with van der Waals surface area (Å²) < 4.78 is 6.57. The molecule has 0 radical (unpaired) electrons. The standard InChI is InChI=1S/C22H14ClN5O3/c23-17-6-3-15(4-7-17)21-26-22(31-27-21)16-5-10-20(30)28(12-16)13-19(29)25-18-8-1-14(11-24)2-9-18/h1-10,12H,13H2,(H,25,29). The summed E-state index contributed by atoms with van der Waals surface area (Å²) in [7, 11) is 0. The van der Waals surface area contributed by atoms with Gasteiger partial charge in [0.2, 0.25) is 11.7 Å². The molecule has 4 rings (SSSR count). The van der Waals surface area contributed by atoms with E-state index >= 15 is 0 Å². The highest BCUT2D eigenvalue weighted by atomic mass is 35.5. The topological polar surface area (TPSA) is 114 Å². The highest BCUT2D eigenvalue weighted by Crippen LogP contribution is 2.22. The Morgan fingerprint density at radius 3 is 2.48 bits per heavy atom. The van der Waals surface area contributed by atoms with Crippen LogP contribution in [0.25, 0.3) is 22.8 Å². The van der Waals surface area contributed by atoms with Crippen molar-refractivity contribution in [1.82, 2.24) is 14.7 Å². The maximum absolute atomic E-state index is 12.4. The number of nitrogens with zero attached hydrogens (tertiary/aromatic N) is 4. The third-order valence-electron chi connectivity index (χ3n) is 4.37. The van der Waals surface area contributed by atoms with Crippen molar-refractivity contribution in [2.24, 2.45) is 0 Å². The molecule has 31 heavy (non-hydrogen) atoms. The van der Waals surface area contributed by atoms with Gasteiger partial charge >= 0.3 is 0 Å². The highest BCUT2D eigenvalue weighted by Gasteiger charge is 2.13. The van der Waals surface area contributed by atoms with Gasteiger partial charge in [-0.15, -0.1) is 0 Å². The molecule has 2 heterocycles. The second-order valence-corrected chi connectivity index (χ2v) is 6.99. The lowest BCUT2D eigenvalue weighted by Crippen LogP contribution is -2.26. The Morgan fingerprint density at radius 1 is 1.06 bits per heavy atom. The van der Waals surface area contributed by atoms with Crippen molar-refractivity contribution in [3.63, 3.8) is 0 Å². The lowest BCUT2D eigenvalue weighted by molar-refractivity contribution is -0.116. The van der Waals surface area contributed by atoms with E-state index in [9.17, 15) is 9.59 Å². The molecule has 2 aromatic heterocycles. The van der Waals surface area contributed by atoms with Gasteiger partial charge in [-0.05, 0) is 54.6 Å². The van der Waals surface area contributed by atoms with Gasteiger partial charge in [0.25, 0.3) is 11.4 Å². The average Bonchev–Trinajstić information content (AvgIpc) is 3.26. The van der Waals surface area contributed by atoms with Crippen LogP contribution in [0.3, 0.4) is 0 Å². The monoisotopic (exact) mass is 431 g/mol. The first kappa shape index (κ1) is 20.1. The van der Waals surface area contributed by atoms with Crippen LogP contribution in [0.15, 0.2) is 76.2 Å². The van der Waals surface area contributed by atoms with E-state index in [2.05, 4.69) is 15.5 Å². The van der Waals surface area contributed by atoms with Gasteiger partial charge in [-0.2, -0.15) is 10.2 Å². The van der Waals surface area contributed by atoms with Gasteiger partial charge in [0.1, 0.15) is 6.54 Å². The SMILES string of the molecule is N#Cc1ccc(NC(=O)Cn2cc(-c3nc(-c4ccc(Cl)cc4)no3)ccc2=O)cc1. The molecule has 0 aliphatic heterocycles. The number of hydrogen-bond donors (Lipinski definition) is 1. The average molecular weight is 432 g/mol. The Labute approximate surface area is 181 Å². The normalized spacial score (nSPS) is 10.5. The summed E-state index contributed by atoms with van der Waals surface area (Å²) in [4.78, 5) is 28.9. The zero-order valence-corrected chi connectivity index (χ0v) is 16.7. The molecule has 0 atom stereocenters. The van der Waals surface area contributed by atoms with E-state index in [4.69, 9.17) is 21.4 Å². The summed E-state index contributed by atoms with van der Waals surface area (Å²) in [5.74, 6) is 0.200. The van der Waals surface area contributed by atoms with Crippen molar-refractivity contribution in [3.05, 3.63) is 87.8 Å². The largest absolute Gasteiger partial charge is 0.334 e. The molecule has 1 N–H and O–H groups in total. The molecule has 0 saturated heterocycles. The summed E-state index contributed by atoms with van der Waals surface area (Å²) in [5, 5.41) is 16.1. The number of nitrogens with one attached hydrogen (secondary N) is 1. The maximum Gasteiger partial charge on any atom is 0.259 e. The lowest BCUT2D eigenvalue weighted by atomic mass is 10.2. The van der Waals surface area contributed by atoms with E-state index in [1.807, 2.05) is 6.07 Å². The van der Waals surface area contributed by atoms with Gasteiger partial charge in [0.05, 0.1) is 17.2 Å². The predicted octanol–water partition coefficient (Wildman–Crippen LogP) is 3.73. The van der Waals surface area contributed by atoms with Crippen LogP contribution in [0.4, 0.5) is 5.69 Å². The van der Waals surface area contributed by atoms with Gasteiger partial charge in [-0.1, -0.05) is 16.8 Å². The van der Waals surface area contributed by atoms with Crippen molar-refractivity contribution in [2.45, 2.75) is 6.54 Å². The van der Waals surface area contributed by atoms with E-state index < -0.39 is 5.91 Å². The second kappa shape index (κ2) is 8.65. The van der Waals surface area contributed by atoms with Crippen LogP contribution >= 0.6 is 11.6 Å². The predicted molar refractivity (Wildman–Crippen MR) is 114 cm³/mol. The fraction of sp³-hybridized carbons (Fsp3) is 0.0455. The van der Waals surface area contributed by atoms with Crippen molar-refractivity contribution in [2.75, 3.05) is 5.32 Å². The number of amides is 1. The molecule has 0 fully saturated rings. The first-order valence-electron chi connectivity index (χ1n) is 9.12. The Hall–Kier alpha value is -4.22. The number of hydrogen-bond acceptors (Lipinski definition) is 6. The molecule has 0 spiro atoms. The fourth-order valence-corrected chi connectivity index (χ4v) is 2.95. The molecular formula is C22H14ClN5O3. The van der Waals surface area contributed by atoms with Crippen LogP contribution in [-0.4, -0.2) is 20.6 Å². The highest BCUT2D eigenvalue weighted by molar-refractivity contribution is 6.30. The number of halogens is 1. The van der Waals surface area contributed by atoms with Crippen LogP contribution in [0.1, 0.15) is 5.56 Å². The van der Waals surface area contributed by atoms with Crippen LogP contribution in [-0.2, 0) is 11.3 Å². The van der Waals surface area contributed by atoms with Crippen molar-refractivity contribution in [1.29, 1.82) is 5.26 Å². The van der Waals surface area contributed by atoms with Crippen LogP contribution in [0.5, 0.6) is 0 Å². The molecule has 152 valence electrons. The smallest absolute Gasteiger partial charge is 0.259 e. The molecule has 0 saturated carbocycles. The number of carbonyl (C=O) groups is 1. The maximum atomic E-state index is 12.4. The van der Waals surface area contributed by atoms with E-state index in [1.54, 1.807) is 54.6 Å². The van der Waals surface area contributed by atoms with Crippen molar-refractivity contribution >= 4 is 23.2 Å². The molecule has 2 aromatic carbocycles. The van der Waals surface area contributed by atoms with Gasteiger partial charge in [-0.3, -0.25) is 9.59 Å².